The zero-order valence-corrected chi connectivity index (χ0v) is 17.1. The molecule has 3 unspecified atom stereocenters. The van der Waals surface area contributed by atoms with Gasteiger partial charge in [0.1, 0.15) is 0 Å². The molecule has 27 heavy (non-hydrogen) atoms. The van der Waals surface area contributed by atoms with Gasteiger partial charge >= 0.3 is 0 Å². The van der Waals surface area contributed by atoms with Gasteiger partial charge in [0.2, 0.25) is 5.91 Å². The number of rotatable bonds is 4. The Morgan fingerprint density at radius 3 is 2.81 bits per heavy atom. The Morgan fingerprint density at radius 1 is 1.22 bits per heavy atom. The molecule has 1 aliphatic carbocycles. The van der Waals surface area contributed by atoms with E-state index in [1.807, 2.05) is 0 Å². The summed E-state index contributed by atoms with van der Waals surface area (Å²) in [6.07, 6.45) is 10.3. The second kappa shape index (κ2) is 7.33. The third kappa shape index (κ3) is 3.41. The predicted molar refractivity (Wildman–Crippen MR) is 112 cm³/mol. The molecule has 1 aromatic carbocycles. The number of para-hydroxylation sites is 1. The van der Waals surface area contributed by atoms with Crippen molar-refractivity contribution in [1.29, 1.82) is 0 Å². The van der Waals surface area contributed by atoms with Crippen LogP contribution in [0.3, 0.4) is 0 Å². The Labute approximate surface area is 163 Å². The number of hydrogen-bond acceptors (Lipinski definition) is 1. The molecule has 1 aromatic heterocycles. The monoisotopic (exact) mass is 366 g/mol. The molecule has 4 rings (SSSR count). The number of H-pyrrole nitrogens is 1. The molecule has 1 saturated heterocycles. The van der Waals surface area contributed by atoms with Crippen LogP contribution < -0.4 is 0 Å². The Balaban J connectivity index is 1.57. The lowest BCUT2D eigenvalue weighted by molar-refractivity contribution is -0.142. The standard InChI is InChI=1S/C24H34N2O/c1-17(2)19(20-16-25-21-10-5-4-9-18(20)21)15-23(27)26-14-8-13-24(3)12-7-6-11-22(24)26/h4-5,9-10,16-17,19,22,25H,6-8,11-15H2,1-3H3. The summed E-state index contributed by atoms with van der Waals surface area (Å²) in [6, 6.07) is 8.92. The zero-order chi connectivity index (χ0) is 19.0. The molecule has 3 atom stereocenters. The molecule has 3 heteroatoms. The van der Waals surface area contributed by atoms with Crippen LogP contribution in [0, 0.1) is 11.3 Å². The molecular weight excluding hydrogens is 332 g/mol. The lowest BCUT2D eigenvalue weighted by Gasteiger charge is -2.51. The van der Waals surface area contributed by atoms with Crippen LogP contribution in [0.5, 0.6) is 0 Å². The van der Waals surface area contributed by atoms with Crippen molar-refractivity contribution >= 4 is 16.8 Å². The van der Waals surface area contributed by atoms with Gasteiger partial charge in [0.15, 0.2) is 0 Å². The SMILES string of the molecule is CC(C)C(CC(=O)N1CCCC2(C)CCCCC12)c1c[nH]c2ccccc12. The minimum absolute atomic E-state index is 0.269. The van der Waals surface area contributed by atoms with Crippen molar-refractivity contribution in [2.45, 2.75) is 77.7 Å². The van der Waals surface area contributed by atoms with Gasteiger partial charge in [-0.15, -0.1) is 0 Å². The maximum atomic E-state index is 13.5. The highest BCUT2D eigenvalue weighted by molar-refractivity contribution is 5.85. The van der Waals surface area contributed by atoms with Crippen molar-refractivity contribution in [2.75, 3.05) is 6.54 Å². The molecule has 0 radical (unpaired) electrons. The van der Waals surface area contributed by atoms with Gasteiger partial charge in [0.05, 0.1) is 0 Å². The van der Waals surface area contributed by atoms with Crippen LogP contribution in [0.1, 0.15) is 77.2 Å². The van der Waals surface area contributed by atoms with Crippen molar-refractivity contribution in [3.63, 3.8) is 0 Å². The summed E-state index contributed by atoms with van der Waals surface area (Å²) in [4.78, 5) is 19.1. The second-order valence-electron chi connectivity index (χ2n) is 9.45. The highest BCUT2D eigenvalue weighted by Crippen LogP contribution is 2.46. The second-order valence-corrected chi connectivity index (χ2v) is 9.45. The van der Waals surface area contributed by atoms with Gasteiger partial charge in [0.25, 0.3) is 0 Å². The van der Waals surface area contributed by atoms with E-state index in [2.05, 4.69) is 61.1 Å². The van der Waals surface area contributed by atoms with Gasteiger partial charge in [-0.05, 0) is 54.6 Å². The van der Waals surface area contributed by atoms with Crippen LogP contribution in [-0.4, -0.2) is 28.4 Å². The van der Waals surface area contributed by atoms with Crippen molar-refractivity contribution in [1.82, 2.24) is 9.88 Å². The number of nitrogens with one attached hydrogen (secondary N) is 1. The molecule has 2 aromatic rings. The largest absolute Gasteiger partial charge is 0.361 e. The fourth-order valence-corrected chi connectivity index (χ4v) is 5.72. The summed E-state index contributed by atoms with van der Waals surface area (Å²) >= 11 is 0. The summed E-state index contributed by atoms with van der Waals surface area (Å²) in [6.45, 7) is 7.88. The van der Waals surface area contributed by atoms with E-state index in [-0.39, 0.29) is 5.92 Å². The predicted octanol–water partition coefficient (Wildman–Crippen LogP) is 5.87. The van der Waals surface area contributed by atoms with E-state index in [0.29, 0.717) is 29.7 Å². The van der Waals surface area contributed by atoms with E-state index in [4.69, 9.17) is 0 Å². The lowest BCUT2D eigenvalue weighted by Crippen LogP contribution is -2.55. The van der Waals surface area contributed by atoms with Crippen LogP contribution in [0.2, 0.25) is 0 Å². The molecule has 2 aliphatic rings. The number of likely N-dealkylation sites (tertiary alicyclic amines) is 1. The number of amides is 1. The number of hydrogen-bond donors (Lipinski definition) is 1. The summed E-state index contributed by atoms with van der Waals surface area (Å²) in [5, 5.41) is 1.27. The van der Waals surface area contributed by atoms with Gasteiger partial charge in [0, 0.05) is 36.1 Å². The molecule has 1 amide bonds. The minimum atomic E-state index is 0.269. The third-order valence-electron chi connectivity index (χ3n) is 7.34. The summed E-state index contributed by atoms with van der Waals surface area (Å²) in [5.74, 6) is 1.08. The third-order valence-corrected chi connectivity index (χ3v) is 7.34. The van der Waals surface area contributed by atoms with E-state index >= 15 is 0 Å². The molecular formula is C24H34N2O. The fraction of sp³-hybridized carbons (Fsp3) is 0.625. The van der Waals surface area contributed by atoms with E-state index in [1.54, 1.807) is 0 Å². The number of carbonyl (C=O) groups excluding carboxylic acids is 1. The van der Waals surface area contributed by atoms with E-state index in [1.165, 1.54) is 48.6 Å². The van der Waals surface area contributed by atoms with Gasteiger partial charge in [-0.1, -0.05) is 51.8 Å². The normalized spacial score (nSPS) is 27.0. The first kappa shape index (κ1) is 18.6. The van der Waals surface area contributed by atoms with E-state index in [9.17, 15) is 4.79 Å². The fourth-order valence-electron chi connectivity index (χ4n) is 5.72. The first-order valence-corrected chi connectivity index (χ1v) is 10.8. The van der Waals surface area contributed by atoms with Gasteiger partial charge in [-0.3, -0.25) is 4.79 Å². The van der Waals surface area contributed by atoms with Gasteiger partial charge in [-0.25, -0.2) is 0 Å². The number of piperidine rings is 1. The Morgan fingerprint density at radius 2 is 2.00 bits per heavy atom. The van der Waals surface area contributed by atoms with Crippen molar-refractivity contribution in [2.24, 2.45) is 11.3 Å². The molecule has 1 aliphatic heterocycles. The highest BCUT2D eigenvalue weighted by Gasteiger charge is 2.44. The van der Waals surface area contributed by atoms with Gasteiger partial charge < -0.3 is 9.88 Å². The Hall–Kier alpha value is -1.77. The van der Waals surface area contributed by atoms with Crippen LogP contribution >= 0.6 is 0 Å². The average Bonchev–Trinajstić information content (AvgIpc) is 3.08. The van der Waals surface area contributed by atoms with Crippen LogP contribution in [-0.2, 0) is 4.79 Å². The zero-order valence-electron chi connectivity index (χ0n) is 17.1. The van der Waals surface area contributed by atoms with Gasteiger partial charge in [-0.2, -0.15) is 0 Å². The number of fused-ring (bicyclic) bond motifs is 2. The smallest absolute Gasteiger partial charge is 0.223 e. The van der Waals surface area contributed by atoms with Crippen molar-refractivity contribution in [3.8, 4) is 0 Å². The maximum absolute atomic E-state index is 13.5. The average molecular weight is 367 g/mol. The maximum Gasteiger partial charge on any atom is 0.223 e. The molecule has 3 nitrogen and oxygen atoms in total. The summed E-state index contributed by atoms with van der Waals surface area (Å²) in [5.41, 5.74) is 2.82. The number of aromatic amines is 1. The molecule has 1 saturated carbocycles. The molecule has 0 bridgehead atoms. The summed E-state index contributed by atoms with van der Waals surface area (Å²) < 4.78 is 0. The minimum Gasteiger partial charge on any atom is -0.361 e. The topological polar surface area (TPSA) is 36.1 Å². The molecule has 1 N–H and O–H groups in total. The molecule has 2 heterocycles. The molecule has 0 spiro atoms. The van der Waals surface area contributed by atoms with Crippen molar-refractivity contribution < 1.29 is 4.79 Å². The lowest BCUT2D eigenvalue weighted by atomic mass is 9.66. The number of nitrogens with zero attached hydrogens (tertiary/aromatic N) is 1. The van der Waals surface area contributed by atoms with Crippen molar-refractivity contribution in [3.05, 3.63) is 36.0 Å². The number of aromatic nitrogens is 1. The quantitative estimate of drug-likeness (QED) is 0.722. The molecule has 2 fully saturated rings. The van der Waals surface area contributed by atoms with E-state index < -0.39 is 0 Å². The van der Waals surface area contributed by atoms with Crippen LogP contribution in [0.4, 0.5) is 0 Å². The summed E-state index contributed by atoms with van der Waals surface area (Å²) in [7, 11) is 0. The Kier molecular flexibility index (Phi) is 5.05. The number of carbonyl (C=O) groups is 1. The first-order valence-electron chi connectivity index (χ1n) is 10.8. The van der Waals surface area contributed by atoms with Crippen LogP contribution in [0.15, 0.2) is 30.5 Å². The number of benzene rings is 1. The Bertz CT molecular complexity index is 804. The van der Waals surface area contributed by atoms with E-state index in [0.717, 1.165) is 13.0 Å². The first-order chi connectivity index (χ1) is 13.0. The van der Waals surface area contributed by atoms with Crippen LogP contribution in [0.25, 0.3) is 10.9 Å². The molecule has 146 valence electrons. The highest BCUT2D eigenvalue weighted by atomic mass is 16.2.